The van der Waals surface area contributed by atoms with Crippen molar-refractivity contribution in [3.63, 3.8) is 0 Å². The fraction of sp³-hybridized carbons (Fsp3) is 0.462. The van der Waals surface area contributed by atoms with Crippen LogP contribution in [0.2, 0.25) is 0 Å². The molecule has 0 fully saturated rings. The van der Waals surface area contributed by atoms with E-state index in [9.17, 15) is 4.79 Å². The average molecular weight is 316 g/mol. The number of carbonyl (C=O) groups is 1. The van der Waals surface area contributed by atoms with Gasteiger partial charge in [0.1, 0.15) is 5.75 Å². The summed E-state index contributed by atoms with van der Waals surface area (Å²) >= 11 is 3.49. The molecule has 0 radical (unpaired) electrons. The second-order valence-electron chi connectivity index (χ2n) is 4.47. The van der Waals surface area contributed by atoms with Gasteiger partial charge in [0.25, 0.3) is 0 Å². The number of rotatable bonds is 5. The molecule has 1 aromatic carbocycles. The number of benzene rings is 1. The van der Waals surface area contributed by atoms with Gasteiger partial charge in [0.15, 0.2) is 0 Å². The lowest BCUT2D eigenvalue weighted by molar-refractivity contribution is -0.137. The van der Waals surface area contributed by atoms with Crippen molar-refractivity contribution in [1.29, 1.82) is 0 Å². The maximum atomic E-state index is 10.7. The van der Waals surface area contributed by atoms with Crippen molar-refractivity contribution < 1.29 is 14.6 Å². The summed E-state index contributed by atoms with van der Waals surface area (Å²) < 4.78 is 6.23. The molecule has 3 N–H and O–H groups in total. The highest BCUT2D eigenvalue weighted by Crippen LogP contribution is 2.35. The van der Waals surface area contributed by atoms with E-state index in [0.29, 0.717) is 17.2 Å². The van der Waals surface area contributed by atoms with E-state index in [1.807, 2.05) is 12.1 Å². The lowest BCUT2D eigenvalue weighted by atomic mass is 9.97. The van der Waals surface area contributed by atoms with Gasteiger partial charge in [-0.05, 0) is 23.6 Å². The fourth-order valence-electron chi connectivity index (χ4n) is 1.79. The lowest BCUT2D eigenvalue weighted by Crippen LogP contribution is -2.16. The van der Waals surface area contributed by atoms with Gasteiger partial charge in [0, 0.05) is 16.1 Å². The first-order valence-electron chi connectivity index (χ1n) is 5.71. The SMILES string of the molecule is COc1cc(C(C)C)c(Br)cc1C(N)CC(=O)O. The second kappa shape index (κ2) is 6.20. The van der Waals surface area contributed by atoms with Crippen molar-refractivity contribution in [2.45, 2.75) is 32.2 Å². The Kier molecular flexibility index (Phi) is 5.16. The van der Waals surface area contributed by atoms with Crippen LogP contribution in [0, 0.1) is 0 Å². The third-order valence-corrected chi connectivity index (χ3v) is 3.45. The van der Waals surface area contributed by atoms with Gasteiger partial charge in [-0.1, -0.05) is 29.8 Å². The van der Waals surface area contributed by atoms with Gasteiger partial charge in [-0.25, -0.2) is 0 Å². The molecule has 18 heavy (non-hydrogen) atoms. The zero-order chi connectivity index (χ0) is 13.9. The summed E-state index contributed by atoms with van der Waals surface area (Å²) in [4.78, 5) is 10.7. The van der Waals surface area contributed by atoms with E-state index in [1.54, 1.807) is 7.11 Å². The summed E-state index contributed by atoms with van der Waals surface area (Å²) in [5, 5.41) is 8.79. The molecule has 1 unspecified atom stereocenters. The zero-order valence-electron chi connectivity index (χ0n) is 10.7. The van der Waals surface area contributed by atoms with Crippen LogP contribution in [0.1, 0.15) is 43.4 Å². The van der Waals surface area contributed by atoms with Crippen LogP contribution >= 0.6 is 15.9 Å². The smallest absolute Gasteiger partial charge is 0.305 e. The van der Waals surface area contributed by atoms with Gasteiger partial charge in [-0.2, -0.15) is 0 Å². The summed E-state index contributed by atoms with van der Waals surface area (Å²) in [5.41, 5.74) is 7.70. The van der Waals surface area contributed by atoms with Crippen LogP contribution in [0.5, 0.6) is 5.75 Å². The van der Waals surface area contributed by atoms with Crippen LogP contribution in [0.15, 0.2) is 16.6 Å². The van der Waals surface area contributed by atoms with Gasteiger partial charge in [-0.3, -0.25) is 4.79 Å². The van der Waals surface area contributed by atoms with Crippen molar-refractivity contribution in [2.75, 3.05) is 7.11 Å². The molecule has 0 aliphatic heterocycles. The number of hydrogen-bond donors (Lipinski definition) is 2. The zero-order valence-corrected chi connectivity index (χ0v) is 12.3. The van der Waals surface area contributed by atoms with Crippen LogP contribution in [-0.4, -0.2) is 18.2 Å². The Morgan fingerprint density at radius 3 is 2.50 bits per heavy atom. The molecule has 0 heterocycles. The molecule has 100 valence electrons. The normalized spacial score (nSPS) is 12.6. The van der Waals surface area contributed by atoms with Crippen LogP contribution in [0.3, 0.4) is 0 Å². The third-order valence-electron chi connectivity index (χ3n) is 2.77. The number of aliphatic carboxylic acids is 1. The molecular formula is C13H18BrNO3. The number of hydrogen-bond acceptors (Lipinski definition) is 3. The Hall–Kier alpha value is -1.07. The van der Waals surface area contributed by atoms with Crippen LogP contribution in [0.4, 0.5) is 0 Å². The van der Waals surface area contributed by atoms with Crippen molar-refractivity contribution in [3.05, 3.63) is 27.7 Å². The molecule has 0 spiro atoms. The van der Waals surface area contributed by atoms with Gasteiger partial charge >= 0.3 is 5.97 Å². The number of ether oxygens (including phenoxy) is 1. The van der Waals surface area contributed by atoms with Crippen LogP contribution < -0.4 is 10.5 Å². The summed E-state index contributed by atoms with van der Waals surface area (Å²) in [6.45, 7) is 4.16. The molecule has 1 atom stereocenters. The van der Waals surface area contributed by atoms with E-state index in [1.165, 1.54) is 0 Å². The van der Waals surface area contributed by atoms with E-state index in [2.05, 4.69) is 29.8 Å². The highest BCUT2D eigenvalue weighted by atomic mass is 79.9. The standard InChI is InChI=1S/C13H18BrNO3/c1-7(2)8-5-12(18-3)9(4-10(8)14)11(15)6-13(16)17/h4-5,7,11H,6,15H2,1-3H3,(H,16,17). The number of halogens is 1. The molecule has 0 aliphatic carbocycles. The Morgan fingerprint density at radius 2 is 2.06 bits per heavy atom. The monoisotopic (exact) mass is 315 g/mol. The average Bonchev–Trinajstić information content (AvgIpc) is 2.27. The molecule has 0 bridgehead atoms. The first-order valence-corrected chi connectivity index (χ1v) is 6.50. The molecule has 1 rings (SSSR count). The van der Waals surface area contributed by atoms with Crippen molar-refractivity contribution >= 4 is 21.9 Å². The van der Waals surface area contributed by atoms with Crippen molar-refractivity contribution in [1.82, 2.24) is 0 Å². The summed E-state index contributed by atoms with van der Waals surface area (Å²) in [5.74, 6) is 0.0577. The van der Waals surface area contributed by atoms with E-state index >= 15 is 0 Å². The summed E-state index contributed by atoms with van der Waals surface area (Å²) in [6, 6.07) is 3.18. The Morgan fingerprint density at radius 1 is 1.44 bits per heavy atom. The first-order chi connectivity index (χ1) is 8.36. The summed E-state index contributed by atoms with van der Waals surface area (Å²) in [7, 11) is 1.56. The highest BCUT2D eigenvalue weighted by Gasteiger charge is 2.18. The Labute approximate surface area is 115 Å². The van der Waals surface area contributed by atoms with Gasteiger partial charge in [0.05, 0.1) is 13.5 Å². The predicted octanol–water partition coefficient (Wildman–Crippen LogP) is 3.06. The second-order valence-corrected chi connectivity index (χ2v) is 5.33. The number of nitrogens with two attached hydrogens (primary N) is 1. The quantitative estimate of drug-likeness (QED) is 0.876. The van der Waals surface area contributed by atoms with E-state index in [0.717, 1.165) is 10.0 Å². The number of carboxylic acid groups (broad SMARTS) is 1. The van der Waals surface area contributed by atoms with Gasteiger partial charge in [-0.15, -0.1) is 0 Å². The predicted molar refractivity (Wildman–Crippen MR) is 74.0 cm³/mol. The molecular weight excluding hydrogens is 298 g/mol. The van der Waals surface area contributed by atoms with E-state index in [4.69, 9.17) is 15.6 Å². The number of methoxy groups -OCH3 is 1. The number of carboxylic acids is 1. The maximum Gasteiger partial charge on any atom is 0.305 e. The maximum absolute atomic E-state index is 10.7. The van der Waals surface area contributed by atoms with Crippen LogP contribution in [0.25, 0.3) is 0 Å². The minimum atomic E-state index is -0.923. The molecule has 5 heteroatoms. The fourth-order valence-corrected chi connectivity index (χ4v) is 2.61. The Balaban J connectivity index is 3.19. The van der Waals surface area contributed by atoms with Crippen LogP contribution in [-0.2, 0) is 4.79 Å². The van der Waals surface area contributed by atoms with Crippen molar-refractivity contribution in [2.24, 2.45) is 5.73 Å². The Bertz CT molecular complexity index is 446. The van der Waals surface area contributed by atoms with Crippen molar-refractivity contribution in [3.8, 4) is 5.75 Å². The van der Waals surface area contributed by atoms with E-state index in [-0.39, 0.29) is 6.42 Å². The molecule has 0 saturated heterocycles. The molecule has 1 aromatic rings. The topological polar surface area (TPSA) is 72.5 Å². The van der Waals surface area contributed by atoms with E-state index < -0.39 is 12.0 Å². The molecule has 0 amide bonds. The minimum Gasteiger partial charge on any atom is -0.496 e. The van der Waals surface area contributed by atoms with Gasteiger partial charge < -0.3 is 15.6 Å². The molecule has 0 aromatic heterocycles. The van der Waals surface area contributed by atoms with Gasteiger partial charge in [0.2, 0.25) is 0 Å². The first kappa shape index (κ1) is 15.0. The molecule has 0 aliphatic rings. The molecule has 0 saturated carbocycles. The molecule has 4 nitrogen and oxygen atoms in total. The lowest BCUT2D eigenvalue weighted by Gasteiger charge is -2.18. The summed E-state index contributed by atoms with van der Waals surface area (Å²) in [6.07, 6.45) is -0.121. The largest absolute Gasteiger partial charge is 0.496 e. The minimum absolute atomic E-state index is 0.121. The third kappa shape index (κ3) is 3.46. The highest BCUT2D eigenvalue weighted by molar-refractivity contribution is 9.10.